The molecule has 0 spiro atoms. The van der Waals surface area contributed by atoms with Crippen LogP contribution in [-0.4, -0.2) is 18.5 Å². The number of ether oxygens (including phenoxy) is 1. The lowest BCUT2D eigenvalue weighted by molar-refractivity contribution is 0.0527. The summed E-state index contributed by atoms with van der Waals surface area (Å²) >= 11 is 13.4. The first-order valence-corrected chi connectivity index (χ1v) is 8.46. The molecule has 0 aliphatic rings. The van der Waals surface area contributed by atoms with Crippen molar-refractivity contribution in [3.8, 4) is 0 Å². The van der Waals surface area contributed by atoms with Crippen molar-refractivity contribution in [3.63, 3.8) is 0 Å². The predicted octanol–water partition coefficient (Wildman–Crippen LogP) is 5.10. The summed E-state index contributed by atoms with van der Waals surface area (Å²) in [5.41, 5.74) is 1.33. The average molecular weight is 372 g/mol. The first-order chi connectivity index (χ1) is 10.9. The van der Waals surface area contributed by atoms with E-state index in [1.165, 1.54) is 11.3 Å². The standard InChI is InChI=1S/C16H15Cl2NO3S/c1-4-22-16(21)12-8(2)9(3)23-15(12)19-14(20)13-10(17)6-5-7-11(13)18/h5-7H,4H2,1-3H3,(H,19,20). The number of rotatable bonds is 4. The van der Waals surface area contributed by atoms with E-state index in [0.717, 1.165) is 10.4 Å². The van der Waals surface area contributed by atoms with Gasteiger partial charge in [-0.3, -0.25) is 4.79 Å². The Bertz CT molecular complexity index is 751. The van der Waals surface area contributed by atoms with Crippen LogP contribution in [0.25, 0.3) is 0 Å². The van der Waals surface area contributed by atoms with Gasteiger partial charge in [-0.15, -0.1) is 11.3 Å². The quantitative estimate of drug-likeness (QED) is 0.760. The molecule has 0 bridgehead atoms. The van der Waals surface area contributed by atoms with Crippen molar-refractivity contribution in [2.45, 2.75) is 20.8 Å². The van der Waals surface area contributed by atoms with Gasteiger partial charge in [-0.1, -0.05) is 29.3 Å². The smallest absolute Gasteiger partial charge is 0.341 e. The van der Waals surface area contributed by atoms with Crippen molar-refractivity contribution < 1.29 is 14.3 Å². The van der Waals surface area contributed by atoms with Crippen LogP contribution in [0, 0.1) is 13.8 Å². The highest BCUT2D eigenvalue weighted by atomic mass is 35.5. The second-order valence-corrected chi connectivity index (χ2v) is 6.80. The molecule has 0 aliphatic heterocycles. The van der Waals surface area contributed by atoms with Crippen LogP contribution < -0.4 is 5.32 Å². The summed E-state index contributed by atoms with van der Waals surface area (Å²) in [6.45, 7) is 5.68. The minimum atomic E-state index is -0.465. The maximum absolute atomic E-state index is 12.5. The normalized spacial score (nSPS) is 10.5. The number of hydrogen-bond donors (Lipinski definition) is 1. The number of halogens is 2. The number of anilines is 1. The van der Waals surface area contributed by atoms with Crippen molar-refractivity contribution in [3.05, 3.63) is 49.8 Å². The van der Waals surface area contributed by atoms with Gasteiger partial charge in [0.2, 0.25) is 0 Å². The Labute approximate surface area is 148 Å². The number of hydrogen-bond acceptors (Lipinski definition) is 4. The van der Waals surface area contributed by atoms with Gasteiger partial charge in [-0.25, -0.2) is 4.79 Å². The SMILES string of the molecule is CCOC(=O)c1c(NC(=O)c2c(Cl)cccc2Cl)sc(C)c1C. The third-order valence-electron chi connectivity index (χ3n) is 3.28. The van der Waals surface area contributed by atoms with Gasteiger partial charge < -0.3 is 10.1 Å². The third kappa shape index (κ3) is 3.68. The second kappa shape index (κ2) is 7.34. The summed E-state index contributed by atoms with van der Waals surface area (Å²) in [6.07, 6.45) is 0. The molecule has 2 aromatic rings. The van der Waals surface area contributed by atoms with E-state index in [4.69, 9.17) is 27.9 Å². The molecule has 23 heavy (non-hydrogen) atoms. The van der Waals surface area contributed by atoms with Gasteiger partial charge in [0.05, 0.1) is 27.8 Å². The van der Waals surface area contributed by atoms with Crippen LogP contribution in [0.15, 0.2) is 18.2 Å². The molecule has 1 aromatic heterocycles. The lowest BCUT2D eigenvalue weighted by Gasteiger charge is -2.09. The van der Waals surface area contributed by atoms with Gasteiger partial charge in [0.15, 0.2) is 0 Å². The van der Waals surface area contributed by atoms with Crippen molar-refractivity contribution in [1.82, 2.24) is 0 Å². The van der Waals surface area contributed by atoms with Crippen LogP contribution in [0.5, 0.6) is 0 Å². The van der Waals surface area contributed by atoms with E-state index < -0.39 is 11.9 Å². The minimum Gasteiger partial charge on any atom is -0.462 e. The number of carbonyl (C=O) groups is 2. The van der Waals surface area contributed by atoms with Crippen LogP contribution >= 0.6 is 34.5 Å². The number of esters is 1. The fraction of sp³-hybridized carbons (Fsp3) is 0.250. The summed E-state index contributed by atoms with van der Waals surface area (Å²) in [7, 11) is 0. The van der Waals surface area contributed by atoms with E-state index in [2.05, 4.69) is 5.32 Å². The summed E-state index contributed by atoms with van der Waals surface area (Å²) in [6, 6.07) is 4.82. The van der Waals surface area contributed by atoms with Crippen LogP contribution in [0.4, 0.5) is 5.00 Å². The fourth-order valence-corrected chi connectivity index (χ4v) is 3.66. The Morgan fingerprint density at radius 1 is 1.17 bits per heavy atom. The van der Waals surface area contributed by atoms with Crippen molar-refractivity contribution >= 4 is 51.4 Å². The van der Waals surface area contributed by atoms with Gasteiger partial charge in [0.25, 0.3) is 5.91 Å². The average Bonchev–Trinajstić information content (AvgIpc) is 2.73. The van der Waals surface area contributed by atoms with Crippen molar-refractivity contribution in [1.29, 1.82) is 0 Å². The highest BCUT2D eigenvalue weighted by Crippen LogP contribution is 2.34. The molecule has 7 heteroatoms. The molecule has 0 saturated carbocycles. The molecule has 2 rings (SSSR count). The van der Waals surface area contributed by atoms with E-state index in [9.17, 15) is 9.59 Å². The maximum Gasteiger partial charge on any atom is 0.341 e. The molecule has 0 unspecified atom stereocenters. The number of benzene rings is 1. The van der Waals surface area contributed by atoms with Crippen LogP contribution in [0.2, 0.25) is 10.0 Å². The Morgan fingerprint density at radius 2 is 1.78 bits per heavy atom. The van der Waals surface area contributed by atoms with Crippen LogP contribution in [0.3, 0.4) is 0 Å². The Morgan fingerprint density at radius 3 is 2.35 bits per heavy atom. The Kier molecular flexibility index (Phi) is 5.68. The van der Waals surface area contributed by atoms with Gasteiger partial charge in [-0.05, 0) is 38.5 Å². The van der Waals surface area contributed by atoms with E-state index in [0.29, 0.717) is 10.6 Å². The van der Waals surface area contributed by atoms with E-state index in [1.807, 2.05) is 13.8 Å². The summed E-state index contributed by atoms with van der Waals surface area (Å²) in [5.74, 6) is -0.928. The van der Waals surface area contributed by atoms with E-state index >= 15 is 0 Å². The summed E-state index contributed by atoms with van der Waals surface area (Å²) in [5, 5.41) is 3.65. The lowest BCUT2D eigenvalue weighted by Crippen LogP contribution is -2.15. The Hall–Kier alpha value is -1.56. The number of amides is 1. The molecule has 1 heterocycles. The molecule has 0 saturated heterocycles. The molecule has 1 amide bonds. The summed E-state index contributed by atoms with van der Waals surface area (Å²) < 4.78 is 5.06. The van der Waals surface area contributed by atoms with Crippen LogP contribution in [-0.2, 0) is 4.74 Å². The first kappa shape index (κ1) is 17.8. The molecule has 0 atom stereocenters. The van der Waals surface area contributed by atoms with Crippen molar-refractivity contribution in [2.75, 3.05) is 11.9 Å². The van der Waals surface area contributed by atoms with E-state index in [-0.39, 0.29) is 22.2 Å². The van der Waals surface area contributed by atoms with Crippen LogP contribution in [0.1, 0.15) is 38.1 Å². The van der Waals surface area contributed by atoms with Gasteiger partial charge >= 0.3 is 5.97 Å². The molecule has 0 radical (unpaired) electrons. The molecular weight excluding hydrogens is 357 g/mol. The topological polar surface area (TPSA) is 55.4 Å². The molecule has 1 aromatic carbocycles. The minimum absolute atomic E-state index is 0.175. The van der Waals surface area contributed by atoms with Gasteiger partial charge in [-0.2, -0.15) is 0 Å². The van der Waals surface area contributed by atoms with Gasteiger partial charge in [0.1, 0.15) is 5.00 Å². The molecular formula is C16H15Cl2NO3S. The number of nitrogens with one attached hydrogen (secondary N) is 1. The largest absolute Gasteiger partial charge is 0.462 e. The van der Waals surface area contributed by atoms with E-state index in [1.54, 1.807) is 25.1 Å². The summed E-state index contributed by atoms with van der Waals surface area (Å²) in [4.78, 5) is 25.5. The second-order valence-electron chi connectivity index (χ2n) is 4.76. The fourth-order valence-electron chi connectivity index (χ4n) is 2.04. The third-order valence-corrected chi connectivity index (χ3v) is 5.03. The molecule has 4 nitrogen and oxygen atoms in total. The molecule has 0 aliphatic carbocycles. The number of thiophene rings is 1. The van der Waals surface area contributed by atoms with Gasteiger partial charge in [0, 0.05) is 4.88 Å². The molecule has 0 fully saturated rings. The first-order valence-electron chi connectivity index (χ1n) is 6.89. The monoisotopic (exact) mass is 371 g/mol. The van der Waals surface area contributed by atoms with Crippen molar-refractivity contribution in [2.24, 2.45) is 0 Å². The molecule has 122 valence electrons. The highest BCUT2D eigenvalue weighted by Gasteiger charge is 2.23. The zero-order chi connectivity index (χ0) is 17.1. The lowest BCUT2D eigenvalue weighted by atomic mass is 10.1. The maximum atomic E-state index is 12.5. The predicted molar refractivity (Wildman–Crippen MR) is 94.2 cm³/mol. The zero-order valence-electron chi connectivity index (χ0n) is 12.8. The highest BCUT2D eigenvalue weighted by molar-refractivity contribution is 7.16. The number of aryl methyl sites for hydroxylation is 1. The Balaban J connectivity index is 2.39. The molecule has 1 N–H and O–H groups in total. The number of carbonyl (C=O) groups excluding carboxylic acids is 2. The zero-order valence-corrected chi connectivity index (χ0v) is 15.2.